The number of carbonyl (C=O) groups is 1. The summed E-state index contributed by atoms with van der Waals surface area (Å²) in [5.74, 6) is 0.428. The molecule has 2 atom stereocenters. The van der Waals surface area contributed by atoms with Crippen LogP contribution in [0, 0.1) is 11.8 Å². The summed E-state index contributed by atoms with van der Waals surface area (Å²) in [5.41, 5.74) is 1.30. The predicted octanol–water partition coefficient (Wildman–Crippen LogP) is 3.52. The molecule has 0 spiro atoms. The average molecular weight is 262 g/mol. The predicted molar refractivity (Wildman–Crippen MR) is 74.4 cm³/mol. The molecule has 1 aromatic carbocycles. The summed E-state index contributed by atoms with van der Waals surface area (Å²) in [6.07, 6.45) is 4.68. The number of aryl methyl sites for hydroxylation is 1. The van der Waals surface area contributed by atoms with Crippen molar-refractivity contribution in [2.45, 2.75) is 39.0 Å². The highest BCUT2D eigenvalue weighted by Gasteiger charge is 2.27. The molecule has 1 saturated carbocycles. The summed E-state index contributed by atoms with van der Waals surface area (Å²) in [6, 6.07) is 8.15. The Morgan fingerprint density at radius 2 is 2.05 bits per heavy atom. The fraction of sp³-hybridized carbons (Fsp3) is 0.562. The molecule has 1 aliphatic carbocycles. The van der Waals surface area contributed by atoms with Crippen LogP contribution in [0.5, 0.6) is 5.75 Å². The minimum atomic E-state index is -0.656. The number of aliphatic carboxylic acids is 1. The second kappa shape index (κ2) is 6.60. The van der Waals surface area contributed by atoms with E-state index >= 15 is 0 Å². The molecule has 2 rings (SSSR count). The molecule has 0 saturated heterocycles. The Bertz CT molecular complexity index is 411. The fourth-order valence-electron chi connectivity index (χ4n) is 2.70. The van der Waals surface area contributed by atoms with Crippen LogP contribution >= 0.6 is 0 Å². The molecule has 0 amide bonds. The first kappa shape index (κ1) is 13.9. The van der Waals surface area contributed by atoms with Gasteiger partial charge in [0.1, 0.15) is 5.75 Å². The number of hydrogen-bond acceptors (Lipinski definition) is 2. The van der Waals surface area contributed by atoms with Crippen LogP contribution in [0.25, 0.3) is 0 Å². The molecule has 104 valence electrons. The van der Waals surface area contributed by atoms with Crippen LogP contribution in [0.1, 0.15) is 38.2 Å². The van der Waals surface area contributed by atoms with Crippen molar-refractivity contribution < 1.29 is 14.6 Å². The molecule has 0 aliphatic heterocycles. The monoisotopic (exact) mass is 262 g/mol. The normalized spacial score (nSPS) is 23.0. The molecule has 0 unspecified atom stereocenters. The van der Waals surface area contributed by atoms with Gasteiger partial charge in [-0.2, -0.15) is 0 Å². The van der Waals surface area contributed by atoms with E-state index in [4.69, 9.17) is 9.84 Å². The first-order valence-electron chi connectivity index (χ1n) is 7.13. The van der Waals surface area contributed by atoms with Crippen molar-refractivity contribution in [1.29, 1.82) is 0 Å². The first-order valence-corrected chi connectivity index (χ1v) is 7.13. The van der Waals surface area contributed by atoms with Crippen LogP contribution < -0.4 is 4.74 Å². The van der Waals surface area contributed by atoms with Gasteiger partial charge >= 0.3 is 5.97 Å². The lowest BCUT2D eigenvalue weighted by molar-refractivity contribution is -0.143. The number of hydrogen-bond donors (Lipinski definition) is 1. The van der Waals surface area contributed by atoms with Gasteiger partial charge in [-0.3, -0.25) is 4.79 Å². The zero-order valence-corrected chi connectivity index (χ0v) is 11.5. The second-order valence-corrected chi connectivity index (χ2v) is 5.38. The molecular weight excluding hydrogens is 240 g/mol. The van der Waals surface area contributed by atoms with Gasteiger partial charge in [0, 0.05) is 0 Å². The number of rotatable bonds is 5. The van der Waals surface area contributed by atoms with E-state index in [1.165, 1.54) is 5.56 Å². The molecule has 0 heterocycles. The topological polar surface area (TPSA) is 46.5 Å². The number of benzene rings is 1. The highest BCUT2D eigenvalue weighted by molar-refractivity contribution is 5.70. The Balaban J connectivity index is 1.82. The number of carboxylic acid groups (broad SMARTS) is 1. The zero-order valence-electron chi connectivity index (χ0n) is 11.5. The fourth-order valence-corrected chi connectivity index (χ4v) is 2.70. The molecule has 0 aromatic heterocycles. The highest BCUT2D eigenvalue weighted by atomic mass is 16.5. The van der Waals surface area contributed by atoms with E-state index < -0.39 is 5.97 Å². The maximum atomic E-state index is 11.0. The quantitative estimate of drug-likeness (QED) is 0.883. The second-order valence-electron chi connectivity index (χ2n) is 5.38. The van der Waals surface area contributed by atoms with Gasteiger partial charge < -0.3 is 9.84 Å². The molecule has 1 fully saturated rings. The molecule has 0 bridgehead atoms. The standard InChI is InChI=1S/C16H22O3/c1-2-12-6-8-15(9-7-12)19-11-13-4-3-5-14(10-13)16(17)18/h6-9,13-14H,2-5,10-11H2,1H3,(H,17,18)/t13-,14+/m1/s1. The van der Waals surface area contributed by atoms with Gasteiger partial charge in [0.25, 0.3) is 0 Å². The summed E-state index contributed by atoms with van der Waals surface area (Å²) in [7, 11) is 0. The van der Waals surface area contributed by atoms with E-state index in [1.807, 2.05) is 12.1 Å². The Kier molecular flexibility index (Phi) is 4.83. The largest absolute Gasteiger partial charge is 0.493 e. The Hall–Kier alpha value is -1.51. The van der Waals surface area contributed by atoms with E-state index in [-0.39, 0.29) is 5.92 Å². The van der Waals surface area contributed by atoms with Crippen molar-refractivity contribution in [2.75, 3.05) is 6.61 Å². The third-order valence-corrected chi connectivity index (χ3v) is 3.95. The summed E-state index contributed by atoms with van der Waals surface area (Å²) < 4.78 is 5.78. The van der Waals surface area contributed by atoms with E-state index in [0.717, 1.165) is 37.9 Å². The van der Waals surface area contributed by atoms with Crippen LogP contribution in [0.15, 0.2) is 24.3 Å². The maximum absolute atomic E-state index is 11.0. The molecule has 3 nitrogen and oxygen atoms in total. The molecule has 0 radical (unpaired) electrons. The summed E-state index contributed by atoms with van der Waals surface area (Å²) >= 11 is 0. The summed E-state index contributed by atoms with van der Waals surface area (Å²) in [6.45, 7) is 2.76. The molecule has 3 heteroatoms. The van der Waals surface area contributed by atoms with Gasteiger partial charge in [0.05, 0.1) is 12.5 Å². The minimum Gasteiger partial charge on any atom is -0.493 e. The maximum Gasteiger partial charge on any atom is 0.306 e. The molecular formula is C16H22O3. The highest BCUT2D eigenvalue weighted by Crippen LogP contribution is 2.29. The lowest BCUT2D eigenvalue weighted by atomic mass is 9.82. The van der Waals surface area contributed by atoms with Crippen molar-refractivity contribution in [3.05, 3.63) is 29.8 Å². The van der Waals surface area contributed by atoms with E-state index in [2.05, 4.69) is 19.1 Å². The van der Waals surface area contributed by atoms with Crippen molar-refractivity contribution in [1.82, 2.24) is 0 Å². The molecule has 1 aliphatic rings. The smallest absolute Gasteiger partial charge is 0.306 e. The van der Waals surface area contributed by atoms with Crippen molar-refractivity contribution >= 4 is 5.97 Å². The van der Waals surface area contributed by atoms with Crippen molar-refractivity contribution in [3.63, 3.8) is 0 Å². The number of carboxylic acids is 1. The lowest BCUT2D eigenvalue weighted by Gasteiger charge is -2.26. The lowest BCUT2D eigenvalue weighted by Crippen LogP contribution is -2.25. The van der Waals surface area contributed by atoms with E-state index in [9.17, 15) is 4.79 Å². The van der Waals surface area contributed by atoms with Gasteiger partial charge in [-0.05, 0) is 49.3 Å². The van der Waals surface area contributed by atoms with Gasteiger partial charge in [0.2, 0.25) is 0 Å². The van der Waals surface area contributed by atoms with Crippen molar-refractivity contribution in [3.8, 4) is 5.75 Å². The van der Waals surface area contributed by atoms with E-state index in [0.29, 0.717) is 12.5 Å². The first-order chi connectivity index (χ1) is 9.19. The van der Waals surface area contributed by atoms with Crippen LogP contribution in [0.4, 0.5) is 0 Å². The van der Waals surface area contributed by atoms with Gasteiger partial charge in [-0.15, -0.1) is 0 Å². The Morgan fingerprint density at radius 3 is 2.68 bits per heavy atom. The zero-order chi connectivity index (χ0) is 13.7. The van der Waals surface area contributed by atoms with Crippen LogP contribution in [0.3, 0.4) is 0 Å². The molecule has 1 N–H and O–H groups in total. The molecule has 19 heavy (non-hydrogen) atoms. The van der Waals surface area contributed by atoms with Gasteiger partial charge in [0.15, 0.2) is 0 Å². The van der Waals surface area contributed by atoms with Crippen LogP contribution in [-0.2, 0) is 11.2 Å². The summed E-state index contributed by atoms with van der Waals surface area (Å²) in [5, 5.41) is 9.06. The third-order valence-electron chi connectivity index (χ3n) is 3.95. The van der Waals surface area contributed by atoms with Crippen LogP contribution in [-0.4, -0.2) is 17.7 Å². The van der Waals surface area contributed by atoms with Crippen molar-refractivity contribution in [2.24, 2.45) is 11.8 Å². The average Bonchev–Trinajstić information content (AvgIpc) is 2.46. The van der Waals surface area contributed by atoms with Gasteiger partial charge in [-0.1, -0.05) is 25.5 Å². The SMILES string of the molecule is CCc1ccc(OC[C@@H]2CCC[C@H](C(=O)O)C2)cc1. The number of ether oxygens (including phenoxy) is 1. The minimum absolute atomic E-state index is 0.176. The van der Waals surface area contributed by atoms with Crippen LogP contribution in [0.2, 0.25) is 0 Å². The Labute approximate surface area is 114 Å². The van der Waals surface area contributed by atoms with E-state index in [1.54, 1.807) is 0 Å². The molecule has 1 aromatic rings. The third kappa shape index (κ3) is 3.98. The Morgan fingerprint density at radius 1 is 1.32 bits per heavy atom. The van der Waals surface area contributed by atoms with Gasteiger partial charge in [-0.25, -0.2) is 0 Å². The summed E-state index contributed by atoms with van der Waals surface area (Å²) in [4.78, 5) is 11.0.